The van der Waals surface area contributed by atoms with Crippen molar-refractivity contribution in [1.29, 1.82) is 0 Å². The Balaban J connectivity index is 1.55. The third-order valence-corrected chi connectivity index (χ3v) is 5.54. The quantitative estimate of drug-likeness (QED) is 0.522. The molecule has 0 aliphatic carbocycles. The molecule has 0 aliphatic heterocycles. The number of hydrogen-bond donors (Lipinski definition) is 2. The SMILES string of the molecule is Cc1nn(CCCNC(=O)c2cc(-c3ccc(Cl)c(Cl)c3)n[nH]2)c(Cl)c1Cl. The fourth-order valence-corrected chi connectivity index (χ4v) is 3.14. The van der Waals surface area contributed by atoms with E-state index in [0.29, 0.717) is 56.8 Å². The summed E-state index contributed by atoms with van der Waals surface area (Å²) in [5.41, 5.74) is 2.40. The van der Waals surface area contributed by atoms with Crippen LogP contribution < -0.4 is 5.32 Å². The van der Waals surface area contributed by atoms with Gasteiger partial charge in [-0.1, -0.05) is 52.5 Å². The summed E-state index contributed by atoms with van der Waals surface area (Å²) in [6.07, 6.45) is 0.649. The van der Waals surface area contributed by atoms with Crippen LogP contribution in [0.1, 0.15) is 22.6 Å². The molecule has 0 fully saturated rings. The Bertz CT molecular complexity index is 982. The van der Waals surface area contributed by atoms with Gasteiger partial charge in [-0.25, -0.2) is 0 Å². The van der Waals surface area contributed by atoms with E-state index in [4.69, 9.17) is 46.4 Å². The van der Waals surface area contributed by atoms with Gasteiger partial charge in [-0.15, -0.1) is 0 Å². The molecule has 27 heavy (non-hydrogen) atoms. The highest BCUT2D eigenvalue weighted by atomic mass is 35.5. The van der Waals surface area contributed by atoms with Gasteiger partial charge in [-0.2, -0.15) is 10.2 Å². The number of carbonyl (C=O) groups excluding carboxylic acids is 1. The van der Waals surface area contributed by atoms with Crippen LogP contribution in [0.15, 0.2) is 24.3 Å². The monoisotopic (exact) mass is 445 g/mol. The highest BCUT2D eigenvalue weighted by molar-refractivity contribution is 6.42. The second kappa shape index (κ2) is 8.52. The number of nitrogens with one attached hydrogen (secondary N) is 2. The van der Waals surface area contributed by atoms with Crippen molar-refractivity contribution in [3.8, 4) is 11.3 Å². The summed E-state index contributed by atoms with van der Waals surface area (Å²) in [5.74, 6) is -0.255. The van der Waals surface area contributed by atoms with Gasteiger partial charge in [0.2, 0.25) is 0 Å². The first kappa shape index (κ1) is 20.0. The third-order valence-electron chi connectivity index (χ3n) is 3.87. The van der Waals surface area contributed by atoms with Crippen molar-refractivity contribution in [2.24, 2.45) is 0 Å². The lowest BCUT2D eigenvalue weighted by Crippen LogP contribution is -2.25. The van der Waals surface area contributed by atoms with Crippen LogP contribution in [0.4, 0.5) is 0 Å². The lowest BCUT2D eigenvalue weighted by Gasteiger charge is -2.05. The summed E-state index contributed by atoms with van der Waals surface area (Å²) in [6, 6.07) is 6.82. The predicted molar refractivity (Wildman–Crippen MR) is 108 cm³/mol. The Morgan fingerprint density at radius 2 is 1.96 bits per heavy atom. The molecule has 0 bridgehead atoms. The summed E-state index contributed by atoms with van der Waals surface area (Å²) in [7, 11) is 0. The number of carbonyl (C=O) groups is 1. The predicted octanol–water partition coefficient (Wildman–Crippen LogP) is 5.02. The maximum absolute atomic E-state index is 12.2. The largest absolute Gasteiger partial charge is 0.351 e. The molecule has 1 amide bonds. The van der Waals surface area contributed by atoms with E-state index in [0.717, 1.165) is 5.56 Å². The van der Waals surface area contributed by atoms with Crippen molar-refractivity contribution in [3.05, 3.63) is 55.9 Å². The third kappa shape index (κ3) is 4.58. The number of benzene rings is 1. The van der Waals surface area contributed by atoms with Gasteiger partial charge in [0, 0.05) is 18.7 Å². The molecule has 0 unspecified atom stereocenters. The van der Waals surface area contributed by atoms with Gasteiger partial charge in [0.1, 0.15) is 15.9 Å². The minimum Gasteiger partial charge on any atom is -0.351 e. The molecule has 3 rings (SSSR count). The Hall–Kier alpha value is -1.73. The molecule has 2 aromatic heterocycles. The molecule has 0 atom stereocenters. The average molecular weight is 447 g/mol. The van der Waals surface area contributed by atoms with Crippen LogP contribution in [0.2, 0.25) is 20.2 Å². The number of H-pyrrole nitrogens is 1. The zero-order valence-electron chi connectivity index (χ0n) is 14.2. The van der Waals surface area contributed by atoms with Crippen LogP contribution in [-0.2, 0) is 6.54 Å². The van der Waals surface area contributed by atoms with E-state index >= 15 is 0 Å². The minimum absolute atomic E-state index is 0.255. The zero-order valence-corrected chi connectivity index (χ0v) is 17.2. The van der Waals surface area contributed by atoms with Gasteiger partial charge in [-0.05, 0) is 31.5 Å². The van der Waals surface area contributed by atoms with Crippen LogP contribution in [0.3, 0.4) is 0 Å². The Morgan fingerprint density at radius 1 is 1.19 bits per heavy atom. The first-order chi connectivity index (χ1) is 12.9. The van der Waals surface area contributed by atoms with Crippen molar-refractivity contribution in [2.45, 2.75) is 19.9 Å². The van der Waals surface area contributed by atoms with Crippen molar-refractivity contribution in [1.82, 2.24) is 25.3 Å². The zero-order chi connectivity index (χ0) is 19.6. The van der Waals surface area contributed by atoms with Crippen molar-refractivity contribution in [2.75, 3.05) is 6.54 Å². The second-order valence-electron chi connectivity index (χ2n) is 5.82. The average Bonchev–Trinajstić information content (AvgIpc) is 3.23. The van der Waals surface area contributed by atoms with E-state index in [1.165, 1.54) is 0 Å². The van der Waals surface area contributed by atoms with Crippen LogP contribution in [-0.4, -0.2) is 32.4 Å². The number of rotatable bonds is 6. The fourth-order valence-electron chi connectivity index (χ4n) is 2.45. The molecule has 6 nitrogen and oxygen atoms in total. The molecular formula is C17H15Cl4N5O. The summed E-state index contributed by atoms with van der Waals surface area (Å²) < 4.78 is 1.62. The molecular weight excluding hydrogens is 432 g/mol. The van der Waals surface area contributed by atoms with Crippen LogP contribution in [0.5, 0.6) is 0 Å². The van der Waals surface area contributed by atoms with Crippen molar-refractivity contribution in [3.63, 3.8) is 0 Å². The van der Waals surface area contributed by atoms with E-state index in [1.807, 2.05) is 0 Å². The summed E-state index contributed by atoms with van der Waals surface area (Å²) in [4.78, 5) is 12.2. The molecule has 10 heteroatoms. The Labute approximate surface area is 175 Å². The highest BCUT2D eigenvalue weighted by Gasteiger charge is 2.13. The number of aromatic amines is 1. The number of nitrogens with zero attached hydrogens (tertiary/aromatic N) is 3. The summed E-state index contributed by atoms with van der Waals surface area (Å²) >= 11 is 24.0. The Morgan fingerprint density at radius 3 is 2.63 bits per heavy atom. The number of aryl methyl sites for hydroxylation is 2. The molecule has 1 aromatic carbocycles. The van der Waals surface area contributed by atoms with Gasteiger partial charge >= 0.3 is 0 Å². The van der Waals surface area contributed by atoms with E-state index < -0.39 is 0 Å². The van der Waals surface area contributed by atoms with Gasteiger partial charge in [0.05, 0.1) is 21.4 Å². The molecule has 0 spiro atoms. The van der Waals surface area contributed by atoms with Gasteiger partial charge in [-0.3, -0.25) is 14.6 Å². The highest BCUT2D eigenvalue weighted by Crippen LogP contribution is 2.28. The molecule has 3 aromatic rings. The van der Waals surface area contributed by atoms with Crippen molar-refractivity contribution >= 4 is 52.3 Å². The first-order valence-electron chi connectivity index (χ1n) is 8.04. The summed E-state index contributed by atoms with van der Waals surface area (Å²) in [6.45, 7) is 2.78. The molecule has 142 valence electrons. The maximum atomic E-state index is 12.2. The van der Waals surface area contributed by atoms with E-state index in [9.17, 15) is 4.79 Å². The van der Waals surface area contributed by atoms with Gasteiger partial charge in [0.25, 0.3) is 5.91 Å². The molecule has 2 heterocycles. The lowest BCUT2D eigenvalue weighted by atomic mass is 10.1. The number of halogens is 4. The molecule has 0 radical (unpaired) electrons. The normalized spacial score (nSPS) is 11.0. The second-order valence-corrected chi connectivity index (χ2v) is 7.37. The first-order valence-corrected chi connectivity index (χ1v) is 9.55. The number of amides is 1. The van der Waals surface area contributed by atoms with Gasteiger partial charge < -0.3 is 5.32 Å². The molecule has 0 saturated heterocycles. The fraction of sp³-hybridized carbons (Fsp3) is 0.235. The maximum Gasteiger partial charge on any atom is 0.269 e. The van der Waals surface area contributed by atoms with E-state index in [2.05, 4.69) is 20.6 Å². The topological polar surface area (TPSA) is 75.6 Å². The van der Waals surface area contributed by atoms with E-state index in [-0.39, 0.29) is 5.91 Å². The molecule has 2 N–H and O–H groups in total. The van der Waals surface area contributed by atoms with Gasteiger partial charge in [0.15, 0.2) is 0 Å². The minimum atomic E-state index is -0.255. The van der Waals surface area contributed by atoms with Crippen molar-refractivity contribution < 1.29 is 4.79 Å². The molecule has 0 aliphatic rings. The van der Waals surface area contributed by atoms with Crippen LogP contribution in [0, 0.1) is 6.92 Å². The van der Waals surface area contributed by atoms with Crippen LogP contribution >= 0.6 is 46.4 Å². The Kier molecular flexibility index (Phi) is 6.32. The summed E-state index contributed by atoms with van der Waals surface area (Å²) in [5, 5.41) is 15.7. The number of aromatic nitrogens is 4. The number of hydrogen-bond acceptors (Lipinski definition) is 3. The lowest BCUT2D eigenvalue weighted by molar-refractivity contribution is 0.0947. The molecule has 0 saturated carbocycles. The standard InChI is InChI=1S/C17H15Cl4N5O/c1-9-15(20)16(21)26(25-9)6-2-5-22-17(27)14-8-13(23-24-14)10-3-4-11(18)12(19)7-10/h3-4,7-8H,2,5-6H2,1H3,(H,22,27)(H,23,24). The smallest absolute Gasteiger partial charge is 0.269 e. The van der Waals surface area contributed by atoms with Crippen LogP contribution in [0.25, 0.3) is 11.3 Å². The van der Waals surface area contributed by atoms with E-state index in [1.54, 1.807) is 35.9 Å².